The Bertz CT molecular complexity index is 359. The van der Waals surface area contributed by atoms with Crippen LogP contribution in [0.25, 0.3) is 0 Å². The lowest BCUT2D eigenvalue weighted by molar-refractivity contribution is -0.129. The molecule has 0 unspecified atom stereocenters. The van der Waals surface area contributed by atoms with Crippen LogP contribution in [0.4, 0.5) is 0 Å². The number of halogens is 2. The lowest BCUT2D eigenvalue weighted by Gasteiger charge is -2.27. The highest BCUT2D eigenvalue weighted by Gasteiger charge is 2.20. The van der Waals surface area contributed by atoms with Gasteiger partial charge < -0.3 is 4.90 Å². The summed E-state index contributed by atoms with van der Waals surface area (Å²) in [6.45, 7) is 1.29. The first-order valence-corrected chi connectivity index (χ1v) is 4.96. The van der Waals surface area contributed by atoms with Crippen LogP contribution in [0, 0.1) is 0 Å². The molecule has 1 amide bonds. The molecule has 0 radical (unpaired) electrons. The van der Waals surface area contributed by atoms with Crippen molar-refractivity contribution in [1.82, 2.24) is 14.9 Å². The smallest absolute Gasteiger partial charge is 0.237 e. The van der Waals surface area contributed by atoms with E-state index in [1.54, 1.807) is 11.1 Å². The van der Waals surface area contributed by atoms with E-state index in [1.165, 1.54) is 6.33 Å². The van der Waals surface area contributed by atoms with E-state index in [9.17, 15) is 4.79 Å². The first kappa shape index (κ1) is 12.2. The molecule has 0 saturated heterocycles. The van der Waals surface area contributed by atoms with E-state index >= 15 is 0 Å². The number of fused-ring (bicyclic) bond motifs is 1. The Hall–Kier alpha value is -0.870. The van der Waals surface area contributed by atoms with Crippen molar-refractivity contribution in [3.63, 3.8) is 0 Å². The maximum atomic E-state index is 11.3. The van der Waals surface area contributed by atoms with Crippen molar-refractivity contribution in [2.45, 2.75) is 13.0 Å². The van der Waals surface area contributed by atoms with Crippen LogP contribution in [0.5, 0.6) is 0 Å². The Kier molecular flexibility index (Phi) is 4.29. The van der Waals surface area contributed by atoms with Crippen molar-refractivity contribution in [2.75, 3.05) is 12.4 Å². The summed E-state index contributed by atoms with van der Waals surface area (Å²) in [6.07, 6.45) is 4.09. The van der Waals surface area contributed by atoms with Gasteiger partial charge >= 0.3 is 0 Å². The van der Waals surface area contributed by atoms with Crippen molar-refractivity contribution >= 4 is 29.9 Å². The van der Waals surface area contributed by atoms with Crippen molar-refractivity contribution in [3.05, 3.63) is 23.8 Å². The zero-order valence-electron chi connectivity index (χ0n) is 8.02. The summed E-state index contributed by atoms with van der Waals surface area (Å²) in [6, 6.07) is 0. The van der Waals surface area contributed by atoms with Crippen molar-refractivity contribution in [1.29, 1.82) is 0 Å². The summed E-state index contributed by atoms with van der Waals surface area (Å²) >= 11 is 5.49. The predicted molar refractivity (Wildman–Crippen MR) is 59.1 cm³/mol. The van der Waals surface area contributed by atoms with Gasteiger partial charge in [-0.1, -0.05) is 0 Å². The lowest BCUT2D eigenvalue weighted by Crippen LogP contribution is -2.37. The molecule has 0 saturated carbocycles. The largest absolute Gasteiger partial charge is 0.337 e. The molecule has 2 heterocycles. The van der Waals surface area contributed by atoms with Gasteiger partial charge in [0.05, 0.1) is 5.69 Å². The topological polar surface area (TPSA) is 46.1 Å². The number of hydrogen-bond donors (Lipinski definition) is 0. The molecule has 0 N–H and O–H groups in total. The number of hydrogen-bond acceptors (Lipinski definition) is 3. The number of aromatic nitrogens is 2. The molecule has 0 spiro atoms. The van der Waals surface area contributed by atoms with Crippen molar-refractivity contribution in [2.24, 2.45) is 0 Å². The van der Waals surface area contributed by atoms with Gasteiger partial charge in [0.15, 0.2) is 0 Å². The van der Waals surface area contributed by atoms with Crippen LogP contribution < -0.4 is 0 Å². The molecule has 1 aromatic rings. The minimum Gasteiger partial charge on any atom is -0.337 e. The van der Waals surface area contributed by atoms with E-state index in [1.807, 2.05) is 0 Å². The minimum atomic E-state index is -0.0267. The molecule has 15 heavy (non-hydrogen) atoms. The first-order valence-electron chi connectivity index (χ1n) is 4.42. The Labute approximate surface area is 99.1 Å². The van der Waals surface area contributed by atoms with Crippen LogP contribution in [0.2, 0.25) is 0 Å². The maximum absolute atomic E-state index is 11.3. The van der Waals surface area contributed by atoms with Gasteiger partial charge in [0, 0.05) is 31.3 Å². The number of amides is 1. The summed E-state index contributed by atoms with van der Waals surface area (Å²) < 4.78 is 0. The van der Waals surface area contributed by atoms with Gasteiger partial charge in [-0.25, -0.2) is 9.97 Å². The lowest BCUT2D eigenvalue weighted by atomic mass is 10.1. The summed E-state index contributed by atoms with van der Waals surface area (Å²) in [5.74, 6) is 0.0180. The minimum absolute atomic E-state index is 0. The fourth-order valence-electron chi connectivity index (χ4n) is 1.56. The van der Waals surface area contributed by atoms with Gasteiger partial charge in [0.25, 0.3) is 0 Å². The molecule has 0 atom stereocenters. The highest BCUT2D eigenvalue weighted by Crippen LogP contribution is 2.15. The molecule has 0 fully saturated rings. The number of rotatable bonds is 1. The molecule has 4 nitrogen and oxygen atoms in total. The number of carbonyl (C=O) groups is 1. The van der Waals surface area contributed by atoms with Gasteiger partial charge in [0.2, 0.25) is 5.91 Å². The molecule has 0 bridgehead atoms. The van der Waals surface area contributed by atoms with Gasteiger partial charge in [-0.05, 0) is 0 Å². The van der Waals surface area contributed by atoms with Crippen molar-refractivity contribution < 1.29 is 4.79 Å². The second-order valence-corrected chi connectivity index (χ2v) is 3.46. The molecule has 82 valence electrons. The predicted octanol–water partition coefficient (Wildman–Crippen LogP) is 1.02. The molecule has 1 aliphatic heterocycles. The van der Waals surface area contributed by atoms with Gasteiger partial charge in [0.1, 0.15) is 12.2 Å². The van der Waals surface area contributed by atoms with E-state index in [2.05, 4.69) is 9.97 Å². The first-order chi connectivity index (χ1) is 6.81. The molecule has 1 aromatic heterocycles. The van der Waals surface area contributed by atoms with E-state index in [0.717, 1.165) is 17.7 Å². The van der Waals surface area contributed by atoms with E-state index in [-0.39, 0.29) is 24.2 Å². The molecular weight excluding hydrogens is 237 g/mol. The molecule has 0 aromatic carbocycles. The second-order valence-electron chi connectivity index (χ2n) is 3.19. The third-order valence-electron chi connectivity index (χ3n) is 2.33. The third kappa shape index (κ3) is 2.58. The number of carbonyl (C=O) groups excluding carboxylic acids is 1. The van der Waals surface area contributed by atoms with Gasteiger partial charge in [-0.3, -0.25) is 4.79 Å². The Morgan fingerprint density at radius 2 is 2.40 bits per heavy atom. The molecule has 2 rings (SSSR count). The number of nitrogens with zero attached hydrogens (tertiary/aromatic N) is 3. The fraction of sp³-hybridized carbons (Fsp3) is 0.444. The maximum Gasteiger partial charge on any atom is 0.237 e. The van der Waals surface area contributed by atoms with E-state index < -0.39 is 0 Å². The third-order valence-corrected chi connectivity index (χ3v) is 2.56. The zero-order chi connectivity index (χ0) is 9.97. The monoisotopic (exact) mass is 247 g/mol. The van der Waals surface area contributed by atoms with Crippen molar-refractivity contribution in [3.8, 4) is 0 Å². The summed E-state index contributed by atoms with van der Waals surface area (Å²) in [4.78, 5) is 21.2. The summed E-state index contributed by atoms with van der Waals surface area (Å²) in [5.41, 5.74) is 2.07. The standard InChI is InChI=1S/C9H10ClN3O.ClH/c10-3-9(14)13-2-1-8-7(5-13)4-11-6-12-8;/h4,6H,1-3,5H2;1H. The number of alkyl halides is 1. The van der Waals surface area contributed by atoms with Crippen LogP contribution in [0.15, 0.2) is 12.5 Å². The average molecular weight is 248 g/mol. The van der Waals surface area contributed by atoms with Crippen LogP contribution in [0.1, 0.15) is 11.3 Å². The molecular formula is C9H11Cl2N3O. The van der Waals surface area contributed by atoms with Crippen LogP contribution >= 0.6 is 24.0 Å². The van der Waals surface area contributed by atoms with E-state index in [0.29, 0.717) is 13.1 Å². The Morgan fingerprint density at radius 1 is 1.60 bits per heavy atom. The Morgan fingerprint density at radius 3 is 3.13 bits per heavy atom. The summed E-state index contributed by atoms with van der Waals surface area (Å²) in [5, 5.41) is 0. The average Bonchev–Trinajstić information content (AvgIpc) is 2.27. The highest BCUT2D eigenvalue weighted by molar-refractivity contribution is 6.27. The Balaban J connectivity index is 0.00000112. The quantitative estimate of drug-likeness (QED) is 0.697. The molecule has 1 aliphatic rings. The zero-order valence-corrected chi connectivity index (χ0v) is 9.59. The van der Waals surface area contributed by atoms with E-state index in [4.69, 9.17) is 11.6 Å². The van der Waals surface area contributed by atoms with Crippen LogP contribution in [-0.2, 0) is 17.8 Å². The normalized spacial score (nSPS) is 14.1. The van der Waals surface area contributed by atoms with Crippen LogP contribution in [0.3, 0.4) is 0 Å². The highest BCUT2D eigenvalue weighted by atomic mass is 35.5. The fourth-order valence-corrected chi connectivity index (χ4v) is 1.73. The second kappa shape index (κ2) is 5.28. The van der Waals surface area contributed by atoms with Gasteiger partial charge in [-0.15, -0.1) is 24.0 Å². The molecule has 0 aliphatic carbocycles. The van der Waals surface area contributed by atoms with Gasteiger partial charge in [-0.2, -0.15) is 0 Å². The van der Waals surface area contributed by atoms with Crippen LogP contribution in [-0.4, -0.2) is 33.2 Å². The summed E-state index contributed by atoms with van der Waals surface area (Å²) in [7, 11) is 0. The molecule has 6 heteroatoms. The SMILES string of the molecule is Cl.O=C(CCl)N1CCc2ncncc2C1.